The first-order chi connectivity index (χ1) is 8.83. The summed E-state index contributed by atoms with van der Waals surface area (Å²) in [5.41, 5.74) is 2.19. The van der Waals surface area contributed by atoms with Crippen LogP contribution in [0.5, 0.6) is 0 Å². The van der Waals surface area contributed by atoms with Crippen LogP contribution in [0.2, 0.25) is 5.02 Å². The molecule has 0 saturated heterocycles. The van der Waals surface area contributed by atoms with E-state index in [1.807, 2.05) is 35.0 Å². The molecule has 0 saturated carbocycles. The number of benzene rings is 1. The van der Waals surface area contributed by atoms with E-state index in [0.717, 1.165) is 26.3 Å². The van der Waals surface area contributed by atoms with Gasteiger partial charge in [-0.05, 0) is 12.1 Å². The van der Waals surface area contributed by atoms with Gasteiger partial charge in [0.15, 0.2) is 5.13 Å². The quantitative estimate of drug-likeness (QED) is 0.711. The minimum absolute atomic E-state index is 0.777. The van der Waals surface area contributed by atoms with Crippen LogP contribution in [0.1, 0.15) is 0 Å². The molecule has 1 aromatic carbocycles. The number of hydrogen-bond donors (Lipinski definition) is 1. The molecule has 90 valence electrons. The summed E-state index contributed by atoms with van der Waals surface area (Å²) in [7, 11) is 0. The molecule has 0 radical (unpaired) electrons. The van der Waals surface area contributed by atoms with Gasteiger partial charge in [-0.25, -0.2) is 4.98 Å². The lowest BCUT2D eigenvalue weighted by atomic mass is 10.1. The molecule has 0 spiro atoms. The van der Waals surface area contributed by atoms with E-state index < -0.39 is 0 Å². The minimum Gasteiger partial charge on any atom is -0.331 e. The third kappa shape index (κ3) is 2.41. The summed E-state index contributed by atoms with van der Waals surface area (Å²) in [6.07, 6.45) is 1.79. The van der Waals surface area contributed by atoms with Crippen LogP contribution >= 0.6 is 34.3 Å². The van der Waals surface area contributed by atoms with Crippen LogP contribution in [-0.2, 0) is 0 Å². The largest absolute Gasteiger partial charge is 0.331 e. The van der Waals surface area contributed by atoms with Gasteiger partial charge in [-0.15, -0.1) is 22.7 Å². The van der Waals surface area contributed by atoms with Crippen molar-refractivity contribution in [3.63, 3.8) is 0 Å². The van der Waals surface area contributed by atoms with E-state index in [0.29, 0.717) is 0 Å². The molecule has 18 heavy (non-hydrogen) atoms. The first-order valence-corrected chi connectivity index (χ1v) is 7.46. The number of thiazole rings is 1. The summed E-state index contributed by atoms with van der Waals surface area (Å²) >= 11 is 9.21. The van der Waals surface area contributed by atoms with Gasteiger partial charge in [0.2, 0.25) is 0 Å². The molecule has 0 aliphatic rings. The van der Waals surface area contributed by atoms with Gasteiger partial charge in [-0.2, -0.15) is 0 Å². The van der Waals surface area contributed by atoms with Crippen molar-refractivity contribution in [1.29, 1.82) is 0 Å². The topological polar surface area (TPSA) is 24.9 Å². The lowest BCUT2D eigenvalue weighted by molar-refractivity contribution is 1.39. The highest BCUT2D eigenvalue weighted by Crippen LogP contribution is 2.35. The number of halogens is 1. The fourth-order valence-electron chi connectivity index (χ4n) is 1.66. The summed E-state index contributed by atoms with van der Waals surface area (Å²) < 4.78 is 0. The summed E-state index contributed by atoms with van der Waals surface area (Å²) in [4.78, 5) is 5.39. The molecule has 3 aromatic rings. The Bertz CT molecular complexity index is 647. The van der Waals surface area contributed by atoms with Gasteiger partial charge < -0.3 is 5.32 Å². The maximum absolute atomic E-state index is 5.99. The van der Waals surface area contributed by atoms with Crippen molar-refractivity contribution >= 4 is 45.1 Å². The molecule has 3 rings (SSSR count). The Hall–Kier alpha value is -1.36. The van der Waals surface area contributed by atoms with Crippen molar-refractivity contribution in [3.05, 3.63) is 52.3 Å². The lowest BCUT2D eigenvalue weighted by Crippen LogP contribution is -1.91. The maximum atomic E-state index is 5.99. The van der Waals surface area contributed by atoms with Crippen LogP contribution in [0, 0.1) is 0 Å². The molecule has 2 nitrogen and oxygen atoms in total. The molecule has 1 N–H and O–H groups in total. The van der Waals surface area contributed by atoms with E-state index in [-0.39, 0.29) is 0 Å². The van der Waals surface area contributed by atoms with Crippen LogP contribution < -0.4 is 5.32 Å². The predicted octanol–water partition coefficient (Wildman–Crippen LogP) is 5.27. The van der Waals surface area contributed by atoms with E-state index in [4.69, 9.17) is 11.6 Å². The molecule has 0 bridgehead atoms. The van der Waals surface area contributed by atoms with E-state index in [1.165, 1.54) is 0 Å². The Labute approximate surface area is 118 Å². The highest BCUT2D eigenvalue weighted by atomic mass is 35.5. The second-order valence-electron chi connectivity index (χ2n) is 3.64. The average molecular weight is 293 g/mol. The van der Waals surface area contributed by atoms with Gasteiger partial charge in [0, 0.05) is 33.1 Å². The van der Waals surface area contributed by atoms with E-state index in [2.05, 4.69) is 16.4 Å². The number of para-hydroxylation sites is 1. The molecule has 0 aliphatic carbocycles. The first kappa shape index (κ1) is 11.7. The lowest BCUT2D eigenvalue weighted by Gasteiger charge is -2.08. The highest BCUT2D eigenvalue weighted by Gasteiger charge is 2.07. The number of anilines is 2. The number of nitrogens with zero attached hydrogens (tertiary/aromatic N) is 1. The van der Waals surface area contributed by atoms with Crippen molar-refractivity contribution < 1.29 is 0 Å². The zero-order chi connectivity index (χ0) is 12.4. The van der Waals surface area contributed by atoms with E-state index >= 15 is 0 Å². The zero-order valence-corrected chi connectivity index (χ0v) is 11.6. The molecule has 0 atom stereocenters. The number of nitrogens with one attached hydrogen (secondary N) is 1. The Morgan fingerprint density at radius 3 is 2.78 bits per heavy atom. The Morgan fingerprint density at radius 2 is 2.06 bits per heavy atom. The molecular weight excluding hydrogens is 284 g/mol. The summed E-state index contributed by atoms with van der Waals surface area (Å²) in [5.74, 6) is 0. The average Bonchev–Trinajstić information content (AvgIpc) is 3.02. The second-order valence-corrected chi connectivity index (χ2v) is 5.88. The molecule has 0 amide bonds. The molecule has 0 aliphatic heterocycles. The summed E-state index contributed by atoms with van der Waals surface area (Å²) in [6.45, 7) is 0. The van der Waals surface area contributed by atoms with Gasteiger partial charge >= 0.3 is 0 Å². The van der Waals surface area contributed by atoms with Crippen LogP contribution in [0.3, 0.4) is 0 Å². The van der Waals surface area contributed by atoms with Gasteiger partial charge in [-0.3, -0.25) is 0 Å². The second kappa shape index (κ2) is 5.10. The van der Waals surface area contributed by atoms with Crippen molar-refractivity contribution in [2.75, 3.05) is 5.32 Å². The van der Waals surface area contributed by atoms with Gasteiger partial charge in [-0.1, -0.05) is 29.8 Å². The standard InChI is InChI=1S/C13H9ClN2S2/c14-9-7-12(18-8-9)10-3-1-2-4-11(10)16-13-15-5-6-17-13/h1-8H,(H,15,16). The molecule has 5 heteroatoms. The third-order valence-corrected chi connectivity index (χ3v) is 4.43. The van der Waals surface area contributed by atoms with Crippen molar-refractivity contribution in [2.45, 2.75) is 0 Å². The van der Waals surface area contributed by atoms with Gasteiger partial charge in [0.05, 0.1) is 5.02 Å². The van der Waals surface area contributed by atoms with Crippen LogP contribution in [0.25, 0.3) is 10.4 Å². The first-order valence-electron chi connectivity index (χ1n) is 5.33. The minimum atomic E-state index is 0.777. The predicted molar refractivity (Wildman–Crippen MR) is 80.2 cm³/mol. The van der Waals surface area contributed by atoms with Gasteiger partial charge in [0.1, 0.15) is 0 Å². The van der Waals surface area contributed by atoms with Crippen LogP contribution in [0.4, 0.5) is 10.8 Å². The fraction of sp³-hybridized carbons (Fsp3) is 0. The molecule has 0 fully saturated rings. The molecular formula is C13H9ClN2S2. The Morgan fingerprint density at radius 1 is 1.17 bits per heavy atom. The number of thiophene rings is 1. The van der Waals surface area contributed by atoms with Crippen molar-refractivity contribution in [2.24, 2.45) is 0 Å². The highest BCUT2D eigenvalue weighted by molar-refractivity contribution is 7.14. The SMILES string of the molecule is Clc1csc(-c2ccccc2Nc2nccs2)c1. The Balaban J connectivity index is 2.00. The molecule has 2 aromatic heterocycles. The summed E-state index contributed by atoms with van der Waals surface area (Å²) in [6, 6.07) is 10.1. The normalized spacial score (nSPS) is 10.5. The fourth-order valence-corrected chi connectivity index (χ4v) is 3.32. The van der Waals surface area contributed by atoms with E-state index in [9.17, 15) is 0 Å². The molecule has 0 unspecified atom stereocenters. The van der Waals surface area contributed by atoms with Crippen LogP contribution in [-0.4, -0.2) is 4.98 Å². The number of rotatable bonds is 3. The van der Waals surface area contributed by atoms with Crippen LogP contribution in [0.15, 0.2) is 47.3 Å². The van der Waals surface area contributed by atoms with Gasteiger partial charge in [0.25, 0.3) is 0 Å². The monoisotopic (exact) mass is 292 g/mol. The molecule has 2 heterocycles. The third-order valence-electron chi connectivity index (χ3n) is 2.43. The smallest absolute Gasteiger partial charge is 0.187 e. The maximum Gasteiger partial charge on any atom is 0.187 e. The zero-order valence-electron chi connectivity index (χ0n) is 9.26. The number of aromatic nitrogens is 1. The number of hydrogen-bond acceptors (Lipinski definition) is 4. The Kier molecular flexibility index (Phi) is 3.32. The summed E-state index contributed by atoms with van der Waals surface area (Å²) in [5, 5.41) is 8.89. The van der Waals surface area contributed by atoms with Crippen molar-refractivity contribution in [1.82, 2.24) is 4.98 Å². The van der Waals surface area contributed by atoms with E-state index in [1.54, 1.807) is 28.9 Å². The van der Waals surface area contributed by atoms with Crippen molar-refractivity contribution in [3.8, 4) is 10.4 Å².